The smallest absolute Gasteiger partial charge is 0.197 e. The Morgan fingerprint density at radius 2 is 1.13 bits per heavy atom. The molecule has 210 valence electrons. The van der Waals surface area contributed by atoms with Crippen LogP contribution < -0.4 is 14.9 Å². The number of hydrogen-bond donors (Lipinski definition) is 0. The maximum Gasteiger partial charge on any atom is 0.197 e. The van der Waals surface area contributed by atoms with Crippen LogP contribution in [0.5, 0.6) is 11.5 Å². The summed E-state index contributed by atoms with van der Waals surface area (Å²) >= 11 is 0. The lowest BCUT2D eigenvalue weighted by molar-refractivity contribution is 0.234. The van der Waals surface area contributed by atoms with Crippen molar-refractivity contribution in [3.63, 3.8) is 0 Å². The lowest BCUT2D eigenvalue weighted by Gasteiger charge is -2.21. The Morgan fingerprint density at radius 3 is 1.66 bits per heavy atom. The monoisotopic (exact) mass is 523 g/mol. The molecular weight excluding hydrogens is 474 g/mol. The summed E-state index contributed by atoms with van der Waals surface area (Å²) in [6.07, 6.45) is 6.68. The summed E-state index contributed by atoms with van der Waals surface area (Å²) in [5.74, 6) is 1.57. The molecule has 1 heterocycles. The second kappa shape index (κ2) is 15.7. The maximum atomic E-state index is 13.4. The zero-order valence-electron chi connectivity index (χ0n) is 24.4. The number of nitrogens with zero attached hydrogens (tertiary/aromatic N) is 3. The van der Waals surface area contributed by atoms with Gasteiger partial charge in [-0.1, -0.05) is 27.7 Å². The van der Waals surface area contributed by atoms with Gasteiger partial charge in [-0.05, 0) is 95.0 Å². The molecular formula is C32H49N3O3. The molecule has 0 radical (unpaired) electrons. The lowest BCUT2D eigenvalue weighted by atomic mass is 10.1. The van der Waals surface area contributed by atoms with Crippen molar-refractivity contribution in [1.29, 1.82) is 0 Å². The molecule has 0 N–H and O–H groups in total. The first-order chi connectivity index (χ1) is 18.5. The van der Waals surface area contributed by atoms with Crippen molar-refractivity contribution in [1.82, 2.24) is 14.4 Å². The molecule has 0 saturated carbocycles. The van der Waals surface area contributed by atoms with E-state index in [-0.39, 0.29) is 5.43 Å². The Hall–Kier alpha value is -2.57. The van der Waals surface area contributed by atoms with Crippen molar-refractivity contribution in [3.05, 3.63) is 46.6 Å². The van der Waals surface area contributed by atoms with Gasteiger partial charge in [0.2, 0.25) is 0 Å². The normalized spacial score (nSPS) is 11.8. The summed E-state index contributed by atoms with van der Waals surface area (Å²) in [7, 11) is 2.01. The highest BCUT2D eigenvalue weighted by Gasteiger charge is 2.12. The van der Waals surface area contributed by atoms with E-state index < -0.39 is 0 Å². The number of ether oxygens (including phenoxy) is 2. The molecule has 0 bridgehead atoms. The number of aromatic nitrogens is 1. The number of hydrogen-bond acceptors (Lipinski definition) is 5. The third kappa shape index (κ3) is 8.21. The molecule has 38 heavy (non-hydrogen) atoms. The zero-order chi connectivity index (χ0) is 27.3. The molecule has 0 aliphatic carbocycles. The molecule has 0 atom stereocenters. The zero-order valence-corrected chi connectivity index (χ0v) is 24.4. The van der Waals surface area contributed by atoms with Crippen molar-refractivity contribution in [2.45, 2.75) is 66.2 Å². The Morgan fingerprint density at radius 1 is 0.632 bits per heavy atom. The van der Waals surface area contributed by atoms with E-state index in [0.717, 1.165) is 74.6 Å². The first-order valence-electron chi connectivity index (χ1n) is 14.8. The summed E-state index contributed by atoms with van der Waals surface area (Å²) in [6, 6.07) is 11.7. The minimum absolute atomic E-state index is 0.0388. The summed E-state index contributed by atoms with van der Waals surface area (Å²) in [6.45, 7) is 16.9. The van der Waals surface area contributed by atoms with E-state index in [1.807, 2.05) is 43.4 Å². The molecule has 0 fully saturated rings. The molecule has 3 aromatic rings. The molecule has 6 heteroatoms. The Bertz CT molecular complexity index is 1180. The van der Waals surface area contributed by atoms with Crippen molar-refractivity contribution in [3.8, 4) is 11.5 Å². The molecule has 0 unspecified atom stereocenters. The summed E-state index contributed by atoms with van der Waals surface area (Å²) in [5, 5.41) is 1.40. The van der Waals surface area contributed by atoms with Crippen molar-refractivity contribution in [2.75, 3.05) is 52.5 Å². The topological polar surface area (TPSA) is 46.9 Å². The van der Waals surface area contributed by atoms with Crippen molar-refractivity contribution < 1.29 is 9.47 Å². The highest BCUT2D eigenvalue weighted by molar-refractivity contribution is 5.94. The first-order valence-corrected chi connectivity index (χ1v) is 14.8. The van der Waals surface area contributed by atoms with E-state index in [0.29, 0.717) is 24.0 Å². The fraction of sp³-hybridized carbons (Fsp3) is 0.594. The van der Waals surface area contributed by atoms with Crippen LogP contribution in [0.15, 0.2) is 41.2 Å². The van der Waals surface area contributed by atoms with Gasteiger partial charge in [0, 0.05) is 37.0 Å². The predicted molar refractivity (Wildman–Crippen MR) is 161 cm³/mol. The van der Waals surface area contributed by atoms with Crippen LogP contribution in [-0.4, -0.2) is 66.8 Å². The number of benzene rings is 2. The fourth-order valence-corrected chi connectivity index (χ4v) is 5.32. The van der Waals surface area contributed by atoms with Gasteiger partial charge in [0.05, 0.1) is 24.2 Å². The molecule has 0 amide bonds. The van der Waals surface area contributed by atoms with Gasteiger partial charge in [-0.25, -0.2) is 0 Å². The lowest BCUT2D eigenvalue weighted by Crippen LogP contribution is -2.27. The van der Waals surface area contributed by atoms with Gasteiger partial charge in [-0.2, -0.15) is 0 Å². The average molecular weight is 524 g/mol. The molecule has 3 rings (SSSR count). The van der Waals surface area contributed by atoms with Gasteiger partial charge in [0.15, 0.2) is 5.43 Å². The highest BCUT2D eigenvalue weighted by atomic mass is 16.5. The van der Waals surface area contributed by atoms with Crippen LogP contribution in [0.2, 0.25) is 0 Å². The van der Waals surface area contributed by atoms with E-state index in [4.69, 9.17) is 9.47 Å². The third-order valence-electron chi connectivity index (χ3n) is 7.08. The molecule has 0 saturated heterocycles. The second-order valence-electron chi connectivity index (χ2n) is 10.3. The quantitative estimate of drug-likeness (QED) is 0.141. The van der Waals surface area contributed by atoms with Gasteiger partial charge < -0.3 is 23.8 Å². The molecule has 0 spiro atoms. The van der Waals surface area contributed by atoms with Gasteiger partial charge >= 0.3 is 0 Å². The van der Waals surface area contributed by atoms with Gasteiger partial charge in [-0.3, -0.25) is 4.79 Å². The summed E-state index contributed by atoms with van der Waals surface area (Å²) in [5.41, 5.74) is 1.83. The van der Waals surface area contributed by atoms with E-state index in [1.165, 1.54) is 25.7 Å². The highest BCUT2D eigenvalue weighted by Crippen LogP contribution is 2.25. The minimum atomic E-state index is 0.0388. The van der Waals surface area contributed by atoms with Gasteiger partial charge in [0.25, 0.3) is 0 Å². The van der Waals surface area contributed by atoms with Gasteiger partial charge in [-0.15, -0.1) is 0 Å². The van der Waals surface area contributed by atoms with Crippen LogP contribution in [0.3, 0.4) is 0 Å². The van der Waals surface area contributed by atoms with Crippen molar-refractivity contribution in [2.24, 2.45) is 7.05 Å². The summed E-state index contributed by atoms with van der Waals surface area (Å²) < 4.78 is 14.2. The van der Waals surface area contributed by atoms with Crippen molar-refractivity contribution >= 4 is 21.8 Å². The molecule has 6 nitrogen and oxygen atoms in total. The second-order valence-corrected chi connectivity index (χ2v) is 10.3. The SMILES string of the molecule is CCCN(CCC)CCCOc1ccc2c(c1)c(=O)c1ccc(OCCCN(CCC)CCC)cc1n2C. The maximum absolute atomic E-state index is 13.4. The van der Waals surface area contributed by atoms with Crippen LogP contribution in [0, 0.1) is 0 Å². The Labute approximate surface area is 229 Å². The van der Waals surface area contributed by atoms with Crippen LogP contribution in [0.25, 0.3) is 21.8 Å². The van der Waals surface area contributed by atoms with E-state index in [9.17, 15) is 4.79 Å². The minimum Gasteiger partial charge on any atom is -0.494 e. The van der Waals surface area contributed by atoms with Crippen LogP contribution in [-0.2, 0) is 7.05 Å². The Kier molecular flexibility index (Phi) is 12.4. The van der Waals surface area contributed by atoms with E-state index >= 15 is 0 Å². The molecule has 1 aromatic heterocycles. The molecule has 0 aliphatic heterocycles. The first kappa shape index (κ1) is 30.0. The van der Waals surface area contributed by atoms with Crippen LogP contribution in [0.4, 0.5) is 0 Å². The fourth-order valence-electron chi connectivity index (χ4n) is 5.32. The number of rotatable bonds is 18. The van der Waals surface area contributed by atoms with Crippen LogP contribution in [0.1, 0.15) is 66.2 Å². The number of pyridine rings is 1. The summed E-state index contributed by atoms with van der Waals surface area (Å²) in [4.78, 5) is 18.4. The molecule has 0 aliphatic rings. The van der Waals surface area contributed by atoms with Gasteiger partial charge in [0.1, 0.15) is 11.5 Å². The number of fused-ring (bicyclic) bond motifs is 2. The third-order valence-corrected chi connectivity index (χ3v) is 7.08. The Balaban J connectivity index is 1.66. The van der Waals surface area contributed by atoms with Crippen LogP contribution >= 0.6 is 0 Å². The number of aryl methyl sites for hydroxylation is 1. The largest absolute Gasteiger partial charge is 0.494 e. The predicted octanol–water partition coefficient (Wildman–Crippen LogP) is 6.47. The standard InChI is InChI=1S/C32H49N3O3/c1-6-16-34(17-7-2)20-10-22-37-26-13-15-30-29(24-26)32(36)28-14-12-27(25-31(28)33(30)5)38-23-11-21-35(18-8-3)19-9-4/h12-15,24-25H,6-11,16-23H2,1-5H3. The van der Waals surface area contributed by atoms with E-state index in [2.05, 4.69) is 42.1 Å². The average Bonchev–Trinajstić information content (AvgIpc) is 2.92. The molecule has 2 aromatic carbocycles. The van der Waals surface area contributed by atoms with E-state index in [1.54, 1.807) is 0 Å².